The third-order valence-corrected chi connectivity index (χ3v) is 7.18. The van der Waals surface area contributed by atoms with Gasteiger partial charge in [0, 0.05) is 12.6 Å². The lowest BCUT2D eigenvalue weighted by molar-refractivity contribution is 0.115. The molecule has 3 atom stereocenters. The molecule has 0 spiro atoms. The van der Waals surface area contributed by atoms with Crippen molar-refractivity contribution in [1.82, 2.24) is 10.6 Å². The first-order valence-corrected chi connectivity index (χ1v) is 12.2. The van der Waals surface area contributed by atoms with Gasteiger partial charge in [0.15, 0.2) is 0 Å². The molecule has 0 aromatic heterocycles. The summed E-state index contributed by atoms with van der Waals surface area (Å²) in [4.78, 5) is 11.2. The quantitative estimate of drug-likeness (QED) is 0.350. The predicted octanol–water partition coefficient (Wildman–Crippen LogP) is 3.66. The smallest absolute Gasteiger partial charge is 0.404 e. The van der Waals surface area contributed by atoms with Crippen molar-refractivity contribution in [3.63, 3.8) is 0 Å². The maximum Gasteiger partial charge on any atom is 0.404 e. The van der Waals surface area contributed by atoms with Gasteiger partial charge in [-0.2, -0.15) is 10.6 Å². The molecular weight excluding hydrogens is 442 g/mol. The van der Waals surface area contributed by atoms with Crippen molar-refractivity contribution in [3.8, 4) is 0 Å². The van der Waals surface area contributed by atoms with Gasteiger partial charge in [-0.3, -0.25) is 9.11 Å². The number of aliphatic hydroxyl groups is 1. The number of amides is 1. The number of hydrogen-bond acceptors (Lipinski definition) is 5. The van der Waals surface area contributed by atoms with Crippen LogP contribution in [0.25, 0.3) is 0 Å². The van der Waals surface area contributed by atoms with Gasteiger partial charge < -0.3 is 20.8 Å². The van der Waals surface area contributed by atoms with Crippen LogP contribution in [0.1, 0.15) is 35.2 Å². The molecule has 32 heavy (non-hydrogen) atoms. The van der Waals surface area contributed by atoms with Gasteiger partial charge in [-0.15, -0.1) is 0 Å². The van der Waals surface area contributed by atoms with Crippen LogP contribution in [0.2, 0.25) is 0 Å². The number of rotatable bonds is 8. The van der Waals surface area contributed by atoms with Crippen LogP contribution < -0.4 is 10.6 Å². The molecule has 3 rings (SSSR count). The van der Waals surface area contributed by atoms with Crippen LogP contribution in [0.5, 0.6) is 0 Å². The molecule has 2 aromatic carbocycles. The van der Waals surface area contributed by atoms with Gasteiger partial charge in [0.1, 0.15) is 11.6 Å². The Bertz CT molecular complexity index is 955. The highest BCUT2D eigenvalue weighted by molar-refractivity contribution is 8.23. The zero-order valence-electron chi connectivity index (χ0n) is 17.6. The summed E-state index contributed by atoms with van der Waals surface area (Å²) in [6.45, 7) is 1.94. The summed E-state index contributed by atoms with van der Waals surface area (Å²) in [5.74, 6) is -1.34. The molecule has 0 radical (unpaired) electrons. The van der Waals surface area contributed by atoms with Crippen molar-refractivity contribution in [2.75, 3.05) is 12.3 Å². The molecule has 0 unspecified atom stereocenters. The Morgan fingerprint density at radius 3 is 2.47 bits per heavy atom. The number of carboxylic acid groups (broad SMARTS) is 1. The Morgan fingerprint density at radius 2 is 1.84 bits per heavy atom. The zero-order valence-corrected chi connectivity index (χ0v) is 18.4. The Labute approximate surface area is 186 Å². The molecule has 0 fully saturated rings. The SMILES string of the molecule is CCc1ccc2c(c1)[C@@H](NC[C@H](O)[C@H](Cc1cc(F)cc(F)c1)NC(=O)O)CS(O)(O)C2. The molecule has 0 aliphatic carbocycles. The summed E-state index contributed by atoms with van der Waals surface area (Å²) < 4.78 is 47.7. The number of halogens is 2. The van der Waals surface area contributed by atoms with Gasteiger partial charge in [0.05, 0.1) is 29.7 Å². The highest BCUT2D eigenvalue weighted by Crippen LogP contribution is 2.50. The van der Waals surface area contributed by atoms with E-state index in [2.05, 4.69) is 10.6 Å². The number of fused-ring (bicyclic) bond motifs is 1. The van der Waals surface area contributed by atoms with E-state index < -0.39 is 46.5 Å². The first-order chi connectivity index (χ1) is 15.1. The summed E-state index contributed by atoms with van der Waals surface area (Å²) in [7, 11) is -2.85. The largest absolute Gasteiger partial charge is 0.465 e. The summed E-state index contributed by atoms with van der Waals surface area (Å²) >= 11 is 0. The Morgan fingerprint density at radius 1 is 1.16 bits per heavy atom. The average Bonchev–Trinajstić information content (AvgIpc) is 2.69. The molecule has 0 saturated heterocycles. The van der Waals surface area contributed by atoms with E-state index in [1.165, 1.54) is 0 Å². The van der Waals surface area contributed by atoms with E-state index in [0.717, 1.165) is 35.2 Å². The molecule has 0 saturated carbocycles. The van der Waals surface area contributed by atoms with Gasteiger partial charge in [-0.05, 0) is 47.2 Å². The van der Waals surface area contributed by atoms with Crippen LogP contribution in [0.15, 0.2) is 36.4 Å². The molecule has 6 N–H and O–H groups in total. The molecular formula is C22H28F2N2O5S. The third-order valence-electron chi connectivity index (χ3n) is 5.54. The standard InChI is InChI=1S/C22H28F2N2O5S/c1-2-13-3-4-15-11-32(30,31)12-20(18(15)7-13)25-10-21(27)19(26-22(28)29)8-14-5-16(23)9-17(24)6-14/h3-7,9,19-21,25-27,30-31H,2,8,10-12H2,1H3,(H,28,29)/t19-,20-,21-/m0/s1. The number of aliphatic hydroxyl groups excluding tert-OH is 1. The van der Waals surface area contributed by atoms with Crippen LogP contribution in [0.3, 0.4) is 0 Å². The fourth-order valence-electron chi connectivity index (χ4n) is 3.98. The van der Waals surface area contributed by atoms with E-state index in [1.54, 1.807) is 0 Å². The average molecular weight is 471 g/mol. The molecule has 1 aliphatic rings. The van der Waals surface area contributed by atoms with Gasteiger partial charge in [-0.1, -0.05) is 25.1 Å². The summed E-state index contributed by atoms with van der Waals surface area (Å²) in [6, 6.07) is 7.21. The number of nitrogens with one attached hydrogen (secondary N) is 2. The summed E-state index contributed by atoms with van der Waals surface area (Å²) in [6.07, 6.45) is -1.93. The topological polar surface area (TPSA) is 122 Å². The van der Waals surface area contributed by atoms with Gasteiger partial charge >= 0.3 is 6.09 Å². The van der Waals surface area contributed by atoms with Crippen LogP contribution >= 0.6 is 10.6 Å². The first kappa shape index (κ1) is 24.4. The van der Waals surface area contributed by atoms with Crippen molar-refractivity contribution in [1.29, 1.82) is 0 Å². The highest BCUT2D eigenvalue weighted by Gasteiger charge is 2.31. The lowest BCUT2D eigenvalue weighted by Crippen LogP contribution is -2.49. The number of hydrogen-bond donors (Lipinski definition) is 6. The highest BCUT2D eigenvalue weighted by atomic mass is 32.3. The van der Waals surface area contributed by atoms with E-state index in [4.69, 9.17) is 5.11 Å². The fourth-order valence-corrected chi connectivity index (χ4v) is 5.69. The molecule has 10 heteroatoms. The van der Waals surface area contributed by atoms with Crippen LogP contribution in [0.4, 0.5) is 13.6 Å². The number of aryl methyl sites for hydroxylation is 1. The lowest BCUT2D eigenvalue weighted by Gasteiger charge is -2.42. The first-order valence-electron chi connectivity index (χ1n) is 10.3. The van der Waals surface area contributed by atoms with Crippen molar-refractivity contribution in [2.24, 2.45) is 0 Å². The van der Waals surface area contributed by atoms with Crippen LogP contribution in [-0.4, -0.2) is 49.9 Å². The molecule has 1 amide bonds. The van der Waals surface area contributed by atoms with E-state index >= 15 is 0 Å². The van der Waals surface area contributed by atoms with E-state index in [1.807, 2.05) is 25.1 Å². The molecule has 1 aliphatic heterocycles. The minimum atomic E-state index is -2.85. The van der Waals surface area contributed by atoms with E-state index in [9.17, 15) is 27.8 Å². The van der Waals surface area contributed by atoms with E-state index in [0.29, 0.717) is 6.07 Å². The Hall–Kier alpha value is -2.24. The summed E-state index contributed by atoms with van der Waals surface area (Å²) in [5.41, 5.74) is 3.02. The van der Waals surface area contributed by atoms with Gasteiger partial charge in [0.2, 0.25) is 0 Å². The third kappa shape index (κ3) is 6.39. The van der Waals surface area contributed by atoms with Crippen molar-refractivity contribution < 1.29 is 32.9 Å². The van der Waals surface area contributed by atoms with Crippen molar-refractivity contribution >= 4 is 16.7 Å². The lowest BCUT2D eigenvalue weighted by atomic mass is 9.97. The maximum absolute atomic E-state index is 13.5. The normalized spacial score (nSPS) is 20.1. The summed E-state index contributed by atoms with van der Waals surface area (Å²) in [5, 5.41) is 25.1. The minimum Gasteiger partial charge on any atom is -0.465 e. The number of benzene rings is 2. The van der Waals surface area contributed by atoms with Crippen molar-refractivity contribution in [3.05, 3.63) is 70.3 Å². The molecule has 2 aromatic rings. The molecule has 1 heterocycles. The zero-order chi connectivity index (χ0) is 23.5. The second-order valence-electron chi connectivity index (χ2n) is 8.07. The maximum atomic E-state index is 13.5. The van der Waals surface area contributed by atoms with Crippen molar-refractivity contribution in [2.45, 2.75) is 43.7 Å². The van der Waals surface area contributed by atoms with Crippen LogP contribution in [0, 0.1) is 11.6 Å². The second-order valence-corrected chi connectivity index (χ2v) is 10.3. The fraction of sp³-hybridized carbons (Fsp3) is 0.409. The molecule has 0 bridgehead atoms. The van der Waals surface area contributed by atoms with E-state index in [-0.39, 0.29) is 30.0 Å². The van der Waals surface area contributed by atoms with Crippen LogP contribution in [-0.2, 0) is 18.6 Å². The minimum absolute atomic E-state index is 0.0707. The Kier molecular flexibility index (Phi) is 7.73. The Balaban J connectivity index is 1.75. The monoisotopic (exact) mass is 470 g/mol. The molecule has 7 nitrogen and oxygen atoms in total. The number of carbonyl (C=O) groups is 1. The predicted molar refractivity (Wildman–Crippen MR) is 119 cm³/mol. The second kappa shape index (κ2) is 10.1. The van der Waals surface area contributed by atoms with Gasteiger partial charge in [0.25, 0.3) is 0 Å². The van der Waals surface area contributed by atoms with Gasteiger partial charge in [-0.25, -0.2) is 13.6 Å². The molecule has 176 valence electrons.